The second-order valence-corrected chi connectivity index (χ2v) is 12.2. The summed E-state index contributed by atoms with van der Waals surface area (Å²) in [6.07, 6.45) is 1.87. The number of urea groups is 1. The largest absolute Gasteiger partial charge is 0.416 e. The standard InChI is InChI=1S/C31H35F3N10O2/c1-30(2,46)17-43-16-21(25-26(35)37-18-38-28(25)43)24-7-6-23(27-36-8-9-44(24)27)40-29(45)39-20-5-4-19(22(14-20)31(32,33)34)15-42-12-10-41(3)11-13-42/h4-9,14,16,18,46H,10-13,15,17H2,1-3H3,(H2,35,37,38)(H2,39,40,45). The first-order chi connectivity index (χ1) is 21.8. The first kappa shape index (κ1) is 31.3. The molecule has 46 heavy (non-hydrogen) atoms. The second-order valence-electron chi connectivity index (χ2n) is 12.2. The minimum atomic E-state index is -4.58. The predicted molar refractivity (Wildman–Crippen MR) is 169 cm³/mol. The number of piperazine rings is 1. The summed E-state index contributed by atoms with van der Waals surface area (Å²) in [5, 5.41) is 16.3. The van der Waals surface area contributed by atoms with E-state index < -0.39 is 23.4 Å². The number of alkyl halides is 3. The van der Waals surface area contributed by atoms with Crippen molar-refractivity contribution in [2.45, 2.75) is 38.7 Å². The van der Waals surface area contributed by atoms with E-state index in [0.717, 1.165) is 19.2 Å². The molecule has 12 nitrogen and oxygen atoms in total. The number of nitrogens with two attached hydrogens (primary N) is 1. The van der Waals surface area contributed by atoms with Gasteiger partial charge in [0.1, 0.15) is 17.8 Å². The van der Waals surface area contributed by atoms with Gasteiger partial charge in [0.15, 0.2) is 5.65 Å². The van der Waals surface area contributed by atoms with Crippen molar-refractivity contribution >= 4 is 39.9 Å². The molecule has 1 aliphatic heterocycles. The monoisotopic (exact) mass is 636 g/mol. The number of pyridine rings is 1. The van der Waals surface area contributed by atoms with Gasteiger partial charge in [-0.2, -0.15) is 13.2 Å². The van der Waals surface area contributed by atoms with Gasteiger partial charge in [-0.15, -0.1) is 0 Å². The Balaban J connectivity index is 1.25. The maximum atomic E-state index is 14.1. The molecule has 2 amide bonds. The molecule has 0 unspecified atom stereocenters. The highest BCUT2D eigenvalue weighted by atomic mass is 19.4. The molecule has 4 aromatic heterocycles. The lowest BCUT2D eigenvalue weighted by atomic mass is 10.0. The van der Waals surface area contributed by atoms with Crippen LogP contribution in [0.15, 0.2) is 55.2 Å². The van der Waals surface area contributed by atoms with Crippen molar-refractivity contribution in [3.63, 3.8) is 0 Å². The number of nitrogen functional groups attached to an aromatic ring is 1. The Morgan fingerprint density at radius 1 is 1.02 bits per heavy atom. The highest BCUT2D eigenvalue weighted by Gasteiger charge is 2.34. The summed E-state index contributed by atoms with van der Waals surface area (Å²) in [6, 6.07) is 6.55. The fourth-order valence-corrected chi connectivity index (χ4v) is 5.80. The summed E-state index contributed by atoms with van der Waals surface area (Å²) in [5.74, 6) is 0.261. The summed E-state index contributed by atoms with van der Waals surface area (Å²) in [5.41, 5.74) is 7.26. The molecule has 5 N–H and O–H groups in total. The van der Waals surface area contributed by atoms with Crippen LogP contribution < -0.4 is 16.4 Å². The number of carbonyl (C=O) groups is 1. The van der Waals surface area contributed by atoms with Gasteiger partial charge in [0.25, 0.3) is 0 Å². The van der Waals surface area contributed by atoms with E-state index in [1.807, 2.05) is 18.1 Å². The van der Waals surface area contributed by atoms with E-state index in [9.17, 15) is 23.1 Å². The predicted octanol–water partition coefficient (Wildman–Crippen LogP) is 4.51. The maximum absolute atomic E-state index is 14.1. The number of fused-ring (bicyclic) bond motifs is 2. The van der Waals surface area contributed by atoms with Gasteiger partial charge in [0, 0.05) is 62.6 Å². The number of anilines is 3. The quantitative estimate of drug-likeness (QED) is 0.205. The van der Waals surface area contributed by atoms with Gasteiger partial charge >= 0.3 is 12.2 Å². The summed E-state index contributed by atoms with van der Waals surface area (Å²) in [7, 11) is 1.99. The van der Waals surface area contributed by atoms with Crippen LogP contribution in [0.1, 0.15) is 25.0 Å². The number of rotatable bonds is 7. The zero-order valence-electron chi connectivity index (χ0n) is 25.6. The van der Waals surface area contributed by atoms with Gasteiger partial charge in [-0.3, -0.25) is 9.30 Å². The van der Waals surface area contributed by atoms with Crippen molar-refractivity contribution in [3.05, 3.63) is 66.4 Å². The molecule has 242 valence electrons. The molecule has 1 aliphatic rings. The van der Waals surface area contributed by atoms with Crippen molar-refractivity contribution < 1.29 is 23.1 Å². The lowest BCUT2D eigenvalue weighted by Crippen LogP contribution is -2.44. The van der Waals surface area contributed by atoms with Gasteiger partial charge in [0.05, 0.1) is 34.5 Å². The molecule has 0 saturated carbocycles. The number of hydrogen-bond donors (Lipinski definition) is 4. The van der Waals surface area contributed by atoms with E-state index in [4.69, 9.17) is 5.73 Å². The third-order valence-electron chi connectivity index (χ3n) is 7.98. The maximum Gasteiger partial charge on any atom is 0.416 e. The van der Waals surface area contributed by atoms with E-state index in [1.165, 1.54) is 18.5 Å². The minimum absolute atomic E-state index is 0.0121. The van der Waals surface area contributed by atoms with Crippen molar-refractivity contribution in [1.82, 2.24) is 33.7 Å². The number of nitrogens with zero attached hydrogens (tertiary/aromatic N) is 7. The van der Waals surface area contributed by atoms with E-state index in [-0.39, 0.29) is 30.2 Å². The number of aliphatic hydroxyl groups is 1. The fraction of sp³-hybridized carbons (Fsp3) is 0.355. The summed E-state index contributed by atoms with van der Waals surface area (Å²) < 4.78 is 45.7. The number of likely N-dealkylation sites (N-methyl/N-ethyl adjacent to an activating group) is 1. The van der Waals surface area contributed by atoms with Gasteiger partial charge in [0.2, 0.25) is 0 Å². The molecule has 5 aromatic rings. The van der Waals surface area contributed by atoms with Gasteiger partial charge in [-0.25, -0.2) is 19.7 Å². The molecule has 0 bridgehead atoms. The normalized spacial score (nSPS) is 15.1. The highest BCUT2D eigenvalue weighted by Crippen LogP contribution is 2.36. The number of nitrogens with one attached hydrogen (secondary N) is 2. The van der Waals surface area contributed by atoms with Crippen molar-refractivity contribution in [1.29, 1.82) is 0 Å². The topological polar surface area (TPSA) is 142 Å². The van der Waals surface area contributed by atoms with Crippen LogP contribution in [0.5, 0.6) is 0 Å². The second kappa shape index (κ2) is 11.9. The van der Waals surface area contributed by atoms with Crippen LogP contribution in [0, 0.1) is 0 Å². The van der Waals surface area contributed by atoms with Crippen LogP contribution in [0.3, 0.4) is 0 Å². The average molecular weight is 637 g/mol. The van der Waals surface area contributed by atoms with E-state index in [2.05, 4.69) is 30.5 Å². The van der Waals surface area contributed by atoms with Crippen molar-refractivity contribution in [2.75, 3.05) is 49.6 Å². The van der Waals surface area contributed by atoms with Crippen LogP contribution in [-0.2, 0) is 19.3 Å². The number of imidazole rings is 1. The Hall–Kier alpha value is -4.73. The van der Waals surface area contributed by atoms with Crippen molar-refractivity contribution in [2.24, 2.45) is 0 Å². The average Bonchev–Trinajstić information content (AvgIpc) is 3.61. The minimum Gasteiger partial charge on any atom is -0.389 e. The van der Waals surface area contributed by atoms with E-state index in [0.29, 0.717) is 46.7 Å². The molecule has 6 rings (SSSR count). The lowest BCUT2D eigenvalue weighted by molar-refractivity contribution is -0.138. The van der Waals surface area contributed by atoms with Gasteiger partial charge in [-0.1, -0.05) is 6.07 Å². The van der Waals surface area contributed by atoms with E-state index >= 15 is 0 Å². The number of carbonyl (C=O) groups excluding carboxylic acids is 1. The molecule has 0 aliphatic carbocycles. The molecular weight excluding hydrogens is 601 g/mol. The molecule has 0 atom stereocenters. The van der Waals surface area contributed by atoms with Crippen LogP contribution in [0.4, 0.5) is 35.2 Å². The van der Waals surface area contributed by atoms with Gasteiger partial charge in [-0.05, 0) is 50.7 Å². The SMILES string of the molecule is CN1CCN(Cc2ccc(NC(=O)Nc3ccc(-c4cn(CC(C)(C)O)c5ncnc(N)c45)n4ccnc34)cc2C(F)(F)F)CC1. The first-order valence-electron chi connectivity index (χ1n) is 14.7. The molecule has 1 aromatic carbocycles. The number of benzene rings is 1. The molecule has 0 radical (unpaired) electrons. The molecular formula is C31H35F3N10O2. The smallest absolute Gasteiger partial charge is 0.389 e. The van der Waals surface area contributed by atoms with Crippen LogP contribution >= 0.6 is 0 Å². The Labute approximate surface area is 262 Å². The number of halogens is 3. The fourth-order valence-electron chi connectivity index (χ4n) is 5.80. The Morgan fingerprint density at radius 3 is 2.50 bits per heavy atom. The van der Waals surface area contributed by atoms with Crippen LogP contribution in [0.25, 0.3) is 27.9 Å². The lowest BCUT2D eigenvalue weighted by Gasteiger charge is -2.33. The summed E-state index contributed by atoms with van der Waals surface area (Å²) >= 11 is 0. The Kier molecular flexibility index (Phi) is 8.08. The summed E-state index contributed by atoms with van der Waals surface area (Å²) in [4.78, 5) is 30.1. The first-order valence-corrected chi connectivity index (χ1v) is 14.7. The third-order valence-corrected chi connectivity index (χ3v) is 7.98. The highest BCUT2D eigenvalue weighted by molar-refractivity contribution is 6.03. The molecule has 15 heteroatoms. The molecule has 1 fully saturated rings. The number of hydrogen-bond acceptors (Lipinski definition) is 8. The number of amides is 2. The van der Waals surface area contributed by atoms with Crippen LogP contribution in [-0.4, -0.2) is 83.7 Å². The summed E-state index contributed by atoms with van der Waals surface area (Å²) in [6.45, 7) is 6.75. The molecule has 5 heterocycles. The zero-order valence-corrected chi connectivity index (χ0v) is 25.6. The van der Waals surface area contributed by atoms with Crippen LogP contribution in [0.2, 0.25) is 0 Å². The molecule has 1 saturated heterocycles. The third kappa shape index (κ3) is 6.47. The number of aromatic nitrogens is 5. The van der Waals surface area contributed by atoms with E-state index in [1.54, 1.807) is 47.3 Å². The van der Waals surface area contributed by atoms with Gasteiger partial charge < -0.3 is 30.9 Å². The van der Waals surface area contributed by atoms with Crippen molar-refractivity contribution in [3.8, 4) is 11.3 Å². The molecule has 0 spiro atoms. The zero-order chi connectivity index (χ0) is 32.8. The Morgan fingerprint density at radius 2 is 1.78 bits per heavy atom. The Bertz CT molecular complexity index is 1900.